The maximum absolute atomic E-state index is 10.4. The Hall–Kier alpha value is -1.70. The molecule has 3 aromatic carbocycles. The first-order valence-corrected chi connectivity index (χ1v) is 14.7. The number of benzene rings is 3. The minimum atomic E-state index is -4.27. The van der Waals surface area contributed by atoms with Gasteiger partial charge in [-0.05, 0) is 80.1 Å². The van der Waals surface area contributed by atoms with E-state index >= 15 is 0 Å². The highest BCUT2D eigenvalue weighted by Gasteiger charge is 2.14. The Kier molecular flexibility index (Phi) is 11.4. The normalized spacial score (nSPS) is 11.0. The van der Waals surface area contributed by atoms with E-state index in [2.05, 4.69) is 62.4 Å². The molecule has 5 heteroatoms. The zero-order valence-corrected chi connectivity index (χ0v) is 22.2. The van der Waals surface area contributed by atoms with Gasteiger partial charge in [0.2, 0.25) is 0 Å². The molecule has 0 heterocycles. The molecule has 0 spiro atoms. The Bertz CT molecular complexity index is 976. The van der Waals surface area contributed by atoms with Crippen molar-refractivity contribution in [2.45, 2.75) is 64.2 Å². The van der Waals surface area contributed by atoms with Gasteiger partial charge in [-0.25, -0.2) is 8.42 Å². The third-order valence-electron chi connectivity index (χ3n) is 4.99. The molecule has 32 heavy (non-hydrogen) atoms. The van der Waals surface area contributed by atoms with Gasteiger partial charge in [0.05, 0.1) is 4.90 Å². The van der Waals surface area contributed by atoms with Crippen molar-refractivity contribution in [3.63, 3.8) is 0 Å². The second-order valence-corrected chi connectivity index (χ2v) is 12.2. The lowest BCUT2D eigenvalue weighted by Crippen LogP contribution is -3.61. The molecule has 0 saturated heterocycles. The fourth-order valence-electron chi connectivity index (χ4n) is 3.02. The molecular weight excluding hydrogens is 531 g/mol. The van der Waals surface area contributed by atoms with Crippen LogP contribution in [0.4, 0.5) is 0 Å². The summed E-state index contributed by atoms with van der Waals surface area (Å²) in [5.74, 6) is 0. The Morgan fingerprint density at radius 1 is 0.688 bits per heavy atom. The van der Waals surface area contributed by atoms with Gasteiger partial charge in [-0.2, -0.15) is 0 Å². The molecule has 3 aromatic rings. The van der Waals surface area contributed by atoms with Crippen LogP contribution in [0.5, 0.6) is 0 Å². The number of aryl methyl sites for hydroxylation is 3. The van der Waals surface area contributed by atoms with Crippen LogP contribution in [0.25, 0.3) is 0 Å². The minimum Gasteiger partial charge on any atom is -0.744 e. The van der Waals surface area contributed by atoms with Gasteiger partial charge in [-0.1, -0.05) is 68.7 Å². The van der Waals surface area contributed by atoms with Crippen molar-refractivity contribution in [3.8, 4) is 0 Å². The maximum Gasteiger partial charge on any atom is 0.357 e. The number of rotatable bonds is 9. The Balaban J connectivity index is 0.000000278. The van der Waals surface area contributed by atoms with Crippen molar-refractivity contribution in [2.24, 2.45) is 0 Å². The van der Waals surface area contributed by atoms with Crippen LogP contribution in [-0.2, 0) is 23.0 Å². The average molecular weight is 565 g/mol. The van der Waals surface area contributed by atoms with E-state index in [1.165, 1.54) is 68.9 Å². The van der Waals surface area contributed by atoms with Gasteiger partial charge in [0.15, 0.2) is 7.14 Å². The van der Waals surface area contributed by atoms with Crippen LogP contribution in [0.15, 0.2) is 77.7 Å². The van der Waals surface area contributed by atoms with Crippen LogP contribution in [0.1, 0.15) is 56.2 Å². The summed E-state index contributed by atoms with van der Waals surface area (Å²) < 4.78 is 34.2. The lowest BCUT2D eigenvalue weighted by Gasteiger charge is -2.05. The summed E-state index contributed by atoms with van der Waals surface area (Å²) in [6.45, 7) is 6.33. The molecule has 0 aromatic heterocycles. The molecular formula is C27H33IO3S. The van der Waals surface area contributed by atoms with Crippen molar-refractivity contribution in [2.75, 3.05) is 0 Å². The first kappa shape index (κ1) is 26.6. The summed E-state index contributed by atoms with van der Waals surface area (Å²) in [5.41, 5.74) is 3.90. The van der Waals surface area contributed by atoms with Gasteiger partial charge < -0.3 is 4.55 Å². The van der Waals surface area contributed by atoms with Gasteiger partial charge in [0.1, 0.15) is 10.1 Å². The second kappa shape index (κ2) is 13.8. The van der Waals surface area contributed by atoms with Crippen LogP contribution in [0.3, 0.4) is 0 Å². The van der Waals surface area contributed by atoms with Crippen LogP contribution >= 0.6 is 0 Å². The molecule has 0 unspecified atom stereocenters. The molecule has 3 nitrogen and oxygen atoms in total. The fourth-order valence-corrected chi connectivity index (χ4v) is 5.65. The first-order valence-electron chi connectivity index (χ1n) is 11.2. The summed E-state index contributed by atoms with van der Waals surface area (Å²) in [5, 5.41) is 0. The second-order valence-electron chi connectivity index (χ2n) is 7.82. The molecule has 0 radical (unpaired) electrons. The van der Waals surface area contributed by atoms with Gasteiger partial charge in [0.25, 0.3) is 0 Å². The SMILES string of the molecule is CCCCc1ccc([I+]c2ccc(CCCC)cc2)cc1.Cc1ccc(S(=O)(=O)[O-])cc1. The molecule has 172 valence electrons. The summed E-state index contributed by atoms with van der Waals surface area (Å²) in [7, 11) is -4.27. The summed E-state index contributed by atoms with van der Waals surface area (Å²) in [6, 6.07) is 24.4. The monoisotopic (exact) mass is 564 g/mol. The van der Waals surface area contributed by atoms with Gasteiger partial charge >= 0.3 is 21.2 Å². The highest BCUT2D eigenvalue weighted by molar-refractivity contribution is 7.85. The molecule has 0 atom stereocenters. The first-order chi connectivity index (χ1) is 15.3. The van der Waals surface area contributed by atoms with Crippen LogP contribution in [0, 0.1) is 14.1 Å². The predicted octanol–water partition coefficient (Wildman–Crippen LogP) is 3.40. The lowest BCUT2D eigenvalue weighted by atomic mass is 10.1. The summed E-state index contributed by atoms with van der Waals surface area (Å²) >= 11 is -0.0240. The van der Waals surface area contributed by atoms with E-state index in [1.807, 2.05) is 6.92 Å². The van der Waals surface area contributed by atoms with Crippen molar-refractivity contribution in [1.29, 1.82) is 0 Å². The molecule has 0 aliphatic heterocycles. The van der Waals surface area contributed by atoms with E-state index in [1.54, 1.807) is 12.1 Å². The Labute approximate surface area is 204 Å². The third-order valence-corrected chi connectivity index (χ3v) is 8.53. The maximum atomic E-state index is 10.4. The van der Waals surface area contributed by atoms with Crippen molar-refractivity contribution >= 4 is 10.1 Å². The standard InChI is InChI=1S/C20H26I.C7H8O3S/c1-3-5-7-17-9-13-19(14-10-17)21-20-15-11-18(12-16-20)8-6-4-2;1-6-2-4-7(5-3-6)11(8,9)10/h9-16H,3-8H2,1-2H3;2-5H,1H3,(H,8,9,10)/q+1;/p-1. The molecule has 0 aliphatic carbocycles. The van der Waals surface area contributed by atoms with Crippen molar-refractivity contribution in [1.82, 2.24) is 0 Å². The molecule has 0 bridgehead atoms. The van der Waals surface area contributed by atoms with Crippen molar-refractivity contribution < 1.29 is 34.2 Å². The van der Waals surface area contributed by atoms with E-state index in [-0.39, 0.29) is 26.1 Å². The van der Waals surface area contributed by atoms with Gasteiger partial charge in [-0.3, -0.25) is 0 Å². The largest absolute Gasteiger partial charge is 0.744 e. The van der Waals surface area contributed by atoms with Gasteiger partial charge in [-0.15, -0.1) is 0 Å². The molecule has 0 N–H and O–H groups in total. The average Bonchev–Trinajstić information content (AvgIpc) is 2.78. The number of hydrogen-bond donors (Lipinski definition) is 0. The molecule has 3 rings (SSSR count). The minimum absolute atomic E-state index is 0.0240. The lowest BCUT2D eigenvalue weighted by molar-refractivity contribution is -0.597. The van der Waals surface area contributed by atoms with E-state index in [0.29, 0.717) is 0 Å². The van der Waals surface area contributed by atoms with E-state index < -0.39 is 10.1 Å². The quantitative estimate of drug-likeness (QED) is 0.296. The number of hydrogen-bond acceptors (Lipinski definition) is 3. The van der Waals surface area contributed by atoms with Gasteiger partial charge in [0, 0.05) is 0 Å². The highest BCUT2D eigenvalue weighted by atomic mass is 127. The smallest absolute Gasteiger partial charge is 0.357 e. The molecule has 0 amide bonds. The van der Waals surface area contributed by atoms with Crippen LogP contribution < -0.4 is 21.2 Å². The fraction of sp³-hybridized carbons (Fsp3) is 0.333. The third kappa shape index (κ3) is 9.84. The van der Waals surface area contributed by atoms with Crippen LogP contribution in [-0.4, -0.2) is 13.0 Å². The molecule has 0 fully saturated rings. The summed E-state index contributed by atoms with van der Waals surface area (Å²) in [6.07, 6.45) is 7.60. The van der Waals surface area contributed by atoms with Crippen LogP contribution in [0.2, 0.25) is 0 Å². The highest BCUT2D eigenvalue weighted by Crippen LogP contribution is 2.08. The van der Waals surface area contributed by atoms with E-state index in [0.717, 1.165) is 5.56 Å². The zero-order valence-electron chi connectivity index (χ0n) is 19.2. The predicted molar refractivity (Wildman–Crippen MR) is 127 cm³/mol. The Morgan fingerprint density at radius 3 is 1.44 bits per heavy atom. The zero-order chi connectivity index (χ0) is 23.4. The van der Waals surface area contributed by atoms with E-state index in [4.69, 9.17) is 0 Å². The molecule has 0 aliphatic rings. The van der Waals surface area contributed by atoms with E-state index in [9.17, 15) is 13.0 Å². The molecule has 0 saturated carbocycles. The number of halogens is 1. The Morgan fingerprint density at radius 2 is 1.09 bits per heavy atom. The summed E-state index contributed by atoms with van der Waals surface area (Å²) in [4.78, 5) is -0.178. The topological polar surface area (TPSA) is 57.2 Å². The van der Waals surface area contributed by atoms with Crippen molar-refractivity contribution in [3.05, 3.63) is 96.6 Å². The number of unbranched alkanes of at least 4 members (excludes halogenated alkanes) is 2.